The Morgan fingerprint density at radius 1 is 0.925 bits per heavy atom. The topological polar surface area (TPSA) is 209 Å². The van der Waals surface area contributed by atoms with Crippen LogP contribution in [0.25, 0.3) is 10.9 Å². The Kier molecular flexibility index (Phi) is 12.1. The molecule has 1 aromatic heterocycles. The van der Waals surface area contributed by atoms with E-state index in [4.69, 9.17) is 11.5 Å². The lowest BCUT2D eigenvalue weighted by Crippen LogP contribution is -2.58. The highest BCUT2D eigenvalue weighted by Crippen LogP contribution is 2.19. The van der Waals surface area contributed by atoms with Gasteiger partial charge >= 0.3 is 5.97 Å². The second-order valence-corrected chi connectivity index (χ2v) is 10.6. The molecule has 1 aromatic carbocycles. The van der Waals surface area contributed by atoms with Gasteiger partial charge in [-0.15, -0.1) is 0 Å². The van der Waals surface area contributed by atoms with Gasteiger partial charge < -0.3 is 37.5 Å². The molecular weight excluding hydrogens is 516 g/mol. The van der Waals surface area contributed by atoms with Crippen LogP contribution in [0.2, 0.25) is 0 Å². The number of aromatic amines is 1. The molecule has 4 amide bonds. The number of rotatable bonds is 16. The SMILES string of the molecule is CCC(C)C(N)C(=O)NC(Cc1c[nH]c2ccccc12)C(=O)NC(CCC(N)=O)C(=O)NC(CC(C)C)C(=O)O. The van der Waals surface area contributed by atoms with Crippen LogP contribution < -0.4 is 27.4 Å². The lowest BCUT2D eigenvalue weighted by atomic mass is 9.98. The van der Waals surface area contributed by atoms with Crippen molar-refractivity contribution in [1.82, 2.24) is 20.9 Å². The number of hydrogen-bond donors (Lipinski definition) is 7. The van der Waals surface area contributed by atoms with Crippen LogP contribution in [0.15, 0.2) is 30.5 Å². The molecule has 0 aliphatic heterocycles. The quantitative estimate of drug-likeness (QED) is 0.158. The second-order valence-electron chi connectivity index (χ2n) is 10.6. The number of fused-ring (bicyclic) bond motifs is 1. The van der Waals surface area contributed by atoms with Gasteiger partial charge in [0.15, 0.2) is 0 Å². The minimum Gasteiger partial charge on any atom is -0.480 e. The monoisotopic (exact) mass is 558 g/mol. The van der Waals surface area contributed by atoms with E-state index >= 15 is 0 Å². The Hall–Kier alpha value is -3.93. The first-order valence-electron chi connectivity index (χ1n) is 13.6. The molecule has 220 valence electrons. The highest BCUT2D eigenvalue weighted by molar-refractivity contribution is 5.95. The third kappa shape index (κ3) is 9.37. The number of carbonyl (C=O) groups is 5. The molecule has 0 spiro atoms. The number of H-pyrrole nitrogens is 1. The fourth-order valence-corrected chi connectivity index (χ4v) is 4.30. The molecule has 0 radical (unpaired) electrons. The molecule has 0 bridgehead atoms. The van der Waals surface area contributed by atoms with Crippen molar-refractivity contribution in [3.05, 3.63) is 36.0 Å². The maximum atomic E-state index is 13.6. The zero-order valence-electron chi connectivity index (χ0n) is 23.5. The van der Waals surface area contributed by atoms with E-state index in [0.717, 1.165) is 16.5 Å². The van der Waals surface area contributed by atoms with Crippen molar-refractivity contribution in [2.45, 2.75) is 84.0 Å². The van der Waals surface area contributed by atoms with Gasteiger partial charge in [-0.25, -0.2) is 4.79 Å². The Morgan fingerprint density at radius 2 is 1.52 bits per heavy atom. The van der Waals surface area contributed by atoms with Crippen molar-refractivity contribution in [3.8, 4) is 0 Å². The van der Waals surface area contributed by atoms with Gasteiger partial charge in [0, 0.05) is 29.9 Å². The van der Waals surface area contributed by atoms with Gasteiger partial charge in [-0.1, -0.05) is 52.3 Å². The lowest BCUT2D eigenvalue weighted by molar-refractivity contribution is -0.143. The van der Waals surface area contributed by atoms with Crippen LogP contribution >= 0.6 is 0 Å². The first-order valence-corrected chi connectivity index (χ1v) is 13.6. The molecule has 2 rings (SSSR count). The lowest BCUT2D eigenvalue weighted by Gasteiger charge is -2.26. The first-order chi connectivity index (χ1) is 18.8. The molecule has 0 saturated heterocycles. The van der Waals surface area contributed by atoms with Gasteiger partial charge in [-0.2, -0.15) is 0 Å². The number of carboxylic acid groups (broad SMARTS) is 1. The fraction of sp³-hybridized carbons (Fsp3) is 0.536. The summed E-state index contributed by atoms with van der Waals surface area (Å²) >= 11 is 0. The summed E-state index contributed by atoms with van der Waals surface area (Å²) in [5.41, 5.74) is 13.0. The van der Waals surface area contributed by atoms with E-state index in [1.807, 2.05) is 52.0 Å². The fourth-order valence-electron chi connectivity index (χ4n) is 4.30. The van der Waals surface area contributed by atoms with Gasteiger partial charge in [0.2, 0.25) is 23.6 Å². The average molecular weight is 559 g/mol. The number of hydrogen-bond acceptors (Lipinski definition) is 6. The van der Waals surface area contributed by atoms with Crippen molar-refractivity contribution >= 4 is 40.5 Å². The smallest absolute Gasteiger partial charge is 0.326 e. The van der Waals surface area contributed by atoms with Crippen molar-refractivity contribution in [2.75, 3.05) is 0 Å². The summed E-state index contributed by atoms with van der Waals surface area (Å²) in [4.78, 5) is 66.0. The predicted octanol–water partition coefficient (Wildman–Crippen LogP) is 0.934. The number of nitrogens with one attached hydrogen (secondary N) is 4. The average Bonchev–Trinajstić information content (AvgIpc) is 3.31. The molecule has 0 aliphatic rings. The van der Waals surface area contributed by atoms with E-state index in [-0.39, 0.29) is 37.5 Å². The molecule has 12 heteroatoms. The number of aromatic nitrogens is 1. The van der Waals surface area contributed by atoms with Gasteiger partial charge in [0.25, 0.3) is 0 Å². The minimum atomic E-state index is -1.26. The molecule has 2 aromatic rings. The molecule has 5 unspecified atom stereocenters. The normalized spacial score (nSPS) is 15.1. The summed E-state index contributed by atoms with van der Waals surface area (Å²) < 4.78 is 0. The summed E-state index contributed by atoms with van der Waals surface area (Å²) in [7, 11) is 0. The van der Waals surface area contributed by atoms with Crippen LogP contribution in [-0.4, -0.2) is 63.9 Å². The molecular formula is C28H42N6O6. The highest BCUT2D eigenvalue weighted by atomic mass is 16.4. The minimum absolute atomic E-state index is 0.0226. The Balaban J connectivity index is 2.33. The predicted molar refractivity (Wildman–Crippen MR) is 151 cm³/mol. The zero-order valence-corrected chi connectivity index (χ0v) is 23.5. The standard InChI is InChI=1S/C28H42N6O6/c1-5-16(4)24(30)27(38)33-21(13-17-14-31-19-9-7-6-8-18(17)19)26(37)32-20(10-11-23(29)35)25(36)34-22(28(39)40)12-15(2)3/h6-9,14-16,20-22,24,31H,5,10-13,30H2,1-4H3,(H2,29,35)(H,32,37)(H,33,38)(H,34,36)(H,39,40). The van der Waals surface area contributed by atoms with E-state index < -0.39 is 53.8 Å². The number of aliphatic carboxylic acids is 1. The largest absolute Gasteiger partial charge is 0.480 e. The maximum Gasteiger partial charge on any atom is 0.326 e. The van der Waals surface area contributed by atoms with Crippen LogP contribution in [0.1, 0.15) is 58.9 Å². The third-order valence-corrected chi connectivity index (χ3v) is 6.93. The Labute approximate surface area is 234 Å². The summed E-state index contributed by atoms with van der Waals surface area (Å²) in [5.74, 6) is -4.04. The van der Waals surface area contributed by atoms with E-state index in [9.17, 15) is 29.1 Å². The van der Waals surface area contributed by atoms with Gasteiger partial charge in [-0.3, -0.25) is 19.2 Å². The van der Waals surface area contributed by atoms with E-state index in [0.29, 0.717) is 6.42 Å². The molecule has 12 nitrogen and oxygen atoms in total. The number of benzene rings is 1. The summed E-state index contributed by atoms with van der Waals surface area (Å²) in [6.45, 7) is 7.37. The highest BCUT2D eigenvalue weighted by Gasteiger charge is 2.32. The zero-order chi connectivity index (χ0) is 30.0. The van der Waals surface area contributed by atoms with Crippen molar-refractivity contribution in [2.24, 2.45) is 23.3 Å². The van der Waals surface area contributed by atoms with Crippen LogP contribution in [0.3, 0.4) is 0 Å². The maximum absolute atomic E-state index is 13.6. The molecule has 40 heavy (non-hydrogen) atoms. The number of nitrogens with two attached hydrogens (primary N) is 2. The van der Waals surface area contributed by atoms with Crippen molar-refractivity contribution in [1.29, 1.82) is 0 Å². The van der Waals surface area contributed by atoms with Crippen molar-refractivity contribution < 1.29 is 29.1 Å². The molecule has 0 fully saturated rings. The van der Waals surface area contributed by atoms with E-state index in [2.05, 4.69) is 20.9 Å². The number of carbonyl (C=O) groups excluding carboxylic acids is 4. The van der Waals surface area contributed by atoms with Crippen molar-refractivity contribution in [3.63, 3.8) is 0 Å². The summed E-state index contributed by atoms with van der Waals surface area (Å²) in [6.07, 6.45) is 2.28. The van der Waals surface area contributed by atoms with Crippen LogP contribution in [-0.2, 0) is 30.4 Å². The number of carboxylic acids is 1. The van der Waals surface area contributed by atoms with Gasteiger partial charge in [-0.05, 0) is 36.3 Å². The number of para-hydroxylation sites is 1. The first kappa shape index (κ1) is 32.3. The summed E-state index contributed by atoms with van der Waals surface area (Å²) in [5, 5.41) is 18.2. The summed E-state index contributed by atoms with van der Waals surface area (Å²) in [6, 6.07) is 3.06. The molecule has 9 N–H and O–H groups in total. The Bertz CT molecular complexity index is 1190. The van der Waals surface area contributed by atoms with E-state index in [1.54, 1.807) is 6.20 Å². The second kappa shape index (κ2) is 15.0. The number of amides is 4. The van der Waals surface area contributed by atoms with Gasteiger partial charge in [0.05, 0.1) is 6.04 Å². The molecule has 0 saturated carbocycles. The third-order valence-electron chi connectivity index (χ3n) is 6.93. The molecule has 1 heterocycles. The van der Waals surface area contributed by atoms with Crippen LogP contribution in [0.5, 0.6) is 0 Å². The van der Waals surface area contributed by atoms with Gasteiger partial charge in [0.1, 0.15) is 18.1 Å². The number of primary amides is 1. The Morgan fingerprint density at radius 3 is 2.12 bits per heavy atom. The molecule has 0 aliphatic carbocycles. The van der Waals surface area contributed by atoms with Crippen LogP contribution in [0.4, 0.5) is 0 Å². The molecule has 5 atom stereocenters. The van der Waals surface area contributed by atoms with Crippen LogP contribution in [0, 0.1) is 11.8 Å². The van der Waals surface area contributed by atoms with E-state index in [1.165, 1.54) is 0 Å².